The van der Waals surface area contributed by atoms with Crippen molar-refractivity contribution in [3.63, 3.8) is 0 Å². The molecule has 6 heteroatoms. The summed E-state index contributed by atoms with van der Waals surface area (Å²) in [5, 5.41) is 4.56. The van der Waals surface area contributed by atoms with Gasteiger partial charge in [0.15, 0.2) is 6.61 Å². The lowest BCUT2D eigenvalue weighted by atomic mass is 10.1. The van der Waals surface area contributed by atoms with Crippen LogP contribution in [0.5, 0.6) is 5.75 Å². The first-order valence-corrected chi connectivity index (χ1v) is 11.8. The van der Waals surface area contributed by atoms with E-state index in [-0.39, 0.29) is 12.5 Å². The number of ether oxygens (including phenoxy) is 1. The molecule has 174 valence electrons. The number of aryl methyl sites for hydroxylation is 2. The van der Waals surface area contributed by atoms with E-state index >= 15 is 0 Å². The summed E-state index contributed by atoms with van der Waals surface area (Å²) >= 11 is 5.87. The third kappa shape index (κ3) is 7.58. The Morgan fingerprint density at radius 3 is 2.70 bits per heavy atom. The molecule has 1 aromatic heterocycles. The van der Waals surface area contributed by atoms with Gasteiger partial charge in [-0.15, -0.1) is 6.58 Å². The summed E-state index contributed by atoms with van der Waals surface area (Å²) in [6.07, 6.45) is 5.01. The molecular weight excluding hydrogens is 434 g/mol. The third-order valence-electron chi connectivity index (χ3n) is 5.54. The molecule has 0 aliphatic carbocycles. The van der Waals surface area contributed by atoms with Gasteiger partial charge in [0.05, 0.1) is 5.52 Å². The number of rotatable bonds is 12. The second kappa shape index (κ2) is 12.4. The molecule has 0 unspecified atom stereocenters. The van der Waals surface area contributed by atoms with Crippen molar-refractivity contribution < 1.29 is 9.53 Å². The van der Waals surface area contributed by atoms with Gasteiger partial charge in [0.1, 0.15) is 5.75 Å². The first-order chi connectivity index (χ1) is 16.0. The normalized spacial score (nSPS) is 11.0. The molecule has 0 radical (unpaired) electrons. The summed E-state index contributed by atoms with van der Waals surface area (Å²) in [4.78, 5) is 19.6. The predicted octanol–water partition coefficient (Wildman–Crippen LogP) is 6.04. The molecule has 3 rings (SSSR count). The first kappa shape index (κ1) is 24.7. The number of carbonyl (C=O) groups excluding carboxylic acids is 1. The zero-order valence-electron chi connectivity index (χ0n) is 19.4. The highest BCUT2D eigenvalue weighted by molar-refractivity contribution is 6.30. The van der Waals surface area contributed by atoms with Gasteiger partial charge in [-0.25, -0.2) is 0 Å². The van der Waals surface area contributed by atoms with Crippen LogP contribution >= 0.6 is 11.6 Å². The zero-order valence-corrected chi connectivity index (χ0v) is 20.2. The Balaban J connectivity index is 1.57. The average Bonchev–Trinajstić information content (AvgIpc) is 2.81. The fraction of sp³-hybridized carbons (Fsp3) is 0.333. The molecule has 0 aliphatic rings. The van der Waals surface area contributed by atoms with Crippen molar-refractivity contribution in [1.82, 2.24) is 9.88 Å². The van der Waals surface area contributed by atoms with Crippen LogP contribution in [0, 0.1) is 6.92 Å². The maximum Gasteiger partial charge on any atom is 0.262 e. The van der Waals surface area contributed by atoms with E-state index in [4.69, 9.17) is 21.3 Å². The van der Waals surface area contributed by atoms with Crippen LogP contribution in [0.15, 0.2) is 61.2 Å². The van der Waals surface area contributed by atoms with Crippen molar-refractivity contribution in [3.05, 3.63) is 77.5 Å². The van der Waals surface area contributed by atoms with Gasteiger partial charge in [0.2, 0.25) is 0 Å². The SMILES string of the molecule is C=CCCN(CC)CCCc1cc(C)c2cc(NC(=O)COc3ccc(Cl)cc3)ccc2n1. The van der Waals surface area contributed by atoms with Crippen molar-refractivity contribution in [1.29, 1.82) is 0 Å². The maximum absolute atomic E-state index is 12.3. The quantitative estimate of drug-likeness (QED) is 0.331. The minimum absolute atomic E-state index is 0.0720. The fourth-order valence-electron chi connectivity index (χ4n) is 3.73. The van der Waals surface area contributed by atoms with E-state index in [2.05, 4.69) is 36.7 Å². The number of nitrogens with zero attached hydrogens (tertiary/aromatic N) is 2. The van der Waals surface area contributed by atoms with E-state index in [0.29, 0.717) is 10.8 Å². The molecule has 0 atom stereocenters. The highest BCUT2D eigenvalue weighted by atomic mass is 35.5. The van der Waals surface area contributed by atoms with Gasteiger partial charge in [0.25, 0.3) is 5.91 Å². The van der Waals surface area contributed by atoms with E-state index in [1.54, 1.807) is 24.3 Å². The Morgan fingerprint density at radius 1 is 1.18 bits per heavy atom. The fourth-order valence-corrected chi connectivity index (χ4v) is 3.86. The summed E-state index contributed by atoms with van der Waals surface area (Å²) < 4.78 is 5.51. The lowest BCUT2D eigenvalue weighted by molar-refractivity contribution is -0.118. The van der Waals surface area contributed by atoms with Crippen molar-refractivity contribution in [2.24, 2.45) is 0 Å². The summed E-state index contributed by atoms with van der Waals surface area (Å²) in [5.74, 6) is 0.381. The number of halogens is 1. The van der Waals surface area contributed by atoms with E-state index in [1.165, 1.54) is 0 Å². The van der Waals surface area contributed by atoms with Crippen LogP contribution in [0.3, 0.4) is 0 Å². The van der Waals surface area contributed by atoms with E-state index in [1.807, 2.05) is 24.3 Å². The van der Waals surface area contributed by atoms with Crippen molar-refractivity contribution >= 4 is 34.1 Å². The molecule has 1 heterocycles. The molecule has 0 bridgehead atoms. The number of pyridine rings is 1. The van der Waals surface area contributed by atoms with Gasteiger partial charge < -0.3 is 15.0 Å². The number of hydrogen-bond acceptors (Lipinski definition) is 4. The molecule has 0 spiro atoms. The number of hydrogen-bond donors (Lipinski definition) is 1. The van der Waals surface area contributed by atoms with Crippen LogP contribution in [-0.4, -0.2) is 42.0 Å². The molecule has 33 heavy (non-hydrogen) atoms. The standard InChI is InChI=1S/C27H32ClN3O2/c1-4-6-15-31(5-2)16-7-8-22-17-20(3)25-18-23(11-14-26(25)29-22)30-27(32)19-33-24-12-9-21(28)10-13-24/h4,9-14,17-18H,1,5-8,15-16,19H2,2-3H3,(H,30,32). The second-order valence-corrected chi connectivity index (χ2v) is 8.50. The lowest BCUT2D eigenvalue weighted by Crippen LogP contribution is -2.25. The molecule has 3 aromatic rings. The van der Waals surface area contributed by atoms with Crippen LogP contribution < -0.4 is 10.1 Å². The predicted molar refractivity (Wildman–Crippen MR) is 137 cm³/mol. The molecule has 0 saturated carbocycles. The summed E-state index contributed by atoms with van der Waals surface area (Å²) in [7, 11) is 0. The van der Waals surface area contributed by atoms with Gasteiger partial charge in [-0.2, -0.15) is 0 Å². The molecule has 0 fully saturated rings. The Morgan fingerprint density at radius 2 is 1.97 bits per heavy atom. The van der Waals surface area contributed by atoms with Crippen molar-refractivity contribution in [3.8, 4) is 5.75 Å². The minimum atomic E-state index is -0.219. The number of aromatic nitrogens is 1. The van der Waals surface area contributed by atoms with E-state index < -0.39 is 0 Å². The smallest absolute Gasteiger partial charge is 0.262 e. The molecule has 5 nitrogen and oxygen atoms in total. The van der Waals surface area contributed by atoms with Crippen LogP contribution in [0.4, 0.5) is 5.69 Å². The van der Waals surface area contributed by atoms with Crippen molar-refractivity contribution in [2.45, 2.75) is 33.1 Å². The highest BCUT2D eigenvalue weighted by Gasteiger charge is 2.09. The molecular formula is C27H32ClN3O2. The van der Waals surface area contributed by atoms with Crippen molar-refractivity contribution in [2.75, 3.05) is 31.6 Å². The number of carbonyl (C=O) groups is 1. The molecule has 2 aromatic carbocycles. The Kier molecular flexibility index (Phi) is 9.28. The lowest BCUT2D eigenvalue weighted by Gasteiger charge is -2.19. The Labute approximate surface area is 201 Å². The molecule has 0 saturated heterocycles. The highest BCUT2D eigenvalue weighted by Crippen LogP contribution is 2.23. The van der Waals surface area contributed by atoms with Crippen LogP contribution in [-0.2, 0) is 11.2 Å². The van der Waals surface area contributed by atoms with E-state index in [9.17, 15) is 4.79 Å². The molecule has 1 amide bonds. The van der Waals surface area contributed by atoms with E-state index in [0.717, 1.165) is 66.7 Å². The monoisotopic (exact) mass is 465 g/mol. The van der Waals surface area contributed by atoms with Gasteiger partial charge in [-0.3, -0.25) is 9.78 Å². The largest absolute Gasteiger partial charge is 0.484 e. The zero-order chi connectivity index (χ0) is 23.6. The average molecular weight is 466 g/mol. The van der Waals surface area contributed by atoms with Gasteiger partial charge in [0, 0.05) is 28.3 Å². The van der Waals surface area contributed by atoms with Gasteiger partial charge in [-0.05, 0) is 93.4 Å². The second-order valence-electron chi connectivity index (χ2n) is 8.07. The third-order valence-corrected chi connectivity index (χ3v) is 5.79. The summed E-state index contributed by atoms with van der Waals surface area (Å²) in [6, 6.07) is 14.9. The maximum atomic E-state index is 12.3. The number of fused-ring (bicyclic) bond motifs is 1. The molecule has 1 N–H and O–H groups in total. The number of amides is 1. The van der Waals surface area contributed by atoms with Crippen LogP contribution in [0.1, 0.15) is 31.0 Å². The topological polar surface area (TPSA) is 54.5 Å². The first-order valence-electron chi connectivity index (χ1n) is 11.4. The Hall–Kier alpha value is -2.89. The van der Waals surface area contributed by atoms with Crippen LogP contribution in [0.2, 0.25) is 5.02 Å². The summed E-state index contributed by atoms with van der Waals surface area (Å²) in [5.41, 5.74) is 3.93. The summed E-state index contributed by atoms with van der Waals surface area (Å²) in [6.45, 7) is 11.2. The number of benzene rings is 2. The minimum Gasteiger partial charge on any atom is -0.484 e. The molecule has 0 aliphatic heterocycles. The van der Waals surface area contributed by atoms with Gasteiger partial charge in [-0.1, -0.05) is 24.6 Å². The van der Waals surface area contributed by atoms with Gasteiger partial charge >= 0.3 is 0 Å². The number of anilines is 1. The Bertz CT molecular complexity index is 1080. The number of nitrogens with one attached hydrogen (secondary N) is 1. The van der Waals surface area contributed by atoms with Crippen LogP contribution in [0.25, 0.3) is 10.9 Å².